The third-order valence-electron chi connectivity index (χ3n) is 3.65. The van der Waals surface area contributed by atoms with E-state index in [1.807, 2.05) is 0 Å². The second-order valence-corrected chi connectivity index (χ2v) is 7.15. The van der Waals surface area contributed by atoms with Crippen molar-refractivity contribution in [2.75, 3.05) is 31.1 Å². The summed E-state index contributed by atoms with van der Waals surface area (Å²) in [6, 6.07) is 6.54. The number of rotatable bonds is 2. The molecule has 1 unspecified atom stereocenters. The Morgan fingerprint density at radius 1 is 1.47 bits per heavy atom. The van der Waals surface area contributed by atoms with Crippen molar-refractivity contribution in [3.8, 4) is 0 Å². The summed E-state index contributed by atoms with van der Waals surface area (Å²) < 4.78 is 1.11. The lowest BCUT2D eigenvalue weighted by Crippen LogP contribution is -2.40. The summed E-state index contributed by atoms with van der Waals surface area (Å²) in [5.74, 6) is 0. The van der Waals surface area contributed by atoms with Crippen molar-refractivity contribution >= 4 is 21.6 Å². The number of hydrogen-bond donors (Lipinski definition) is 2. The average molecular weight is 327 g/mol. The van der Waals surface area contributed by atoms with Gasteiger partial charge in [0.2, 0.25) is 0 Å². The Morgan fingerprint density at radius 3 is 2.84 bits per heavy atom. The van der Waals surface area contributed by atoms with Crippen molar-refractivity contribution in [1.29, 1.82) is 0 Å². The second kappa shape index (κ2) is 5.81. The van der Waals surface area contributed by atoms with Gasteiger partial charge in [-0.15, -0.1) is 0 Å². The Hall–Kier alpha value is -0.580. The normalized spacial score (nSPS) is 23.2. The van der Waals surface area contributed by atoms with Crippen LogP contribution in [0.5, 0.6) is 0 Å². The zero-order valence-electron chi connectivity index (χ0n) is 11.9. The minimum atomic E-state index is 0.143. The smallest absolute Gasteiger partial charge is 0.0601 e. The molecule has 2 rings (SSSR count). The van der Waals surface area contributed by atoms with Gasteiger partial charge in [0, 0.05) is 35.8 Å². The van der Waals surface area contributed by atoms with Crippen LogP contribution in [0, 0.1) is 12.3 Å². The van der Waals surface area contributed by atoms with Gasteiger partial charge in [0.25, 0.3) is 0 Å². The summed E-state index contributed by atoms with van der Waals surface area (Å²) in [5.41, 5.74) is 2.73. The van der Waals surface area contributed by atoms with Crippen LogP contribution in [0.2, 0.25) is 0 Å². The van der Waals surface area contributed by atoms with E-state index in [2.05, 4.69) is 65.1 Å². The predicted molar refractivity (Wildman–Crippen MR) is 83.7 cm³/mol. The molecule has 106 valence electrons. The van der Waals surface area contributed by atoms with Gasteiger partial charge < -0.3 is 15.3 Å². The molecule has 0 radical (unpaired) electrons. The van der Waals surface area contributed by atoms with E-state index in [0.717, 1.165) is 24.1 Å². The number of halogens is 1. The van der Waals surface area contributed by atoms with Gasteiger partial charge in [0.1, 0.15) is 0 Å². The minimum absolute atomic E-state index is 0.143. The Balaban J connectivity index is 2.29. The Labute approximate surface area is 124 Å². The van der Waals surface area contributed by atoms with Gasteiger partial charge in [0.05, 0.1) is 6.61 Å². The molecule has 0 aromatic heterocycles. The number of hydrogen-bond acceptors (Lipinski definition) is 3. The fraction of sp³-hybridized carbons (Fsp3) is 0.600. The molecule has 1 aromatic carbocycles. The van der Waals surface area contributed by atoms with E-state index in [1.54, 1.807) is 0 Å². The van der Waals surface area contributed by atoms with Crippen molar-refractivity contribution in [3.05, 3.63) is 28.2 Å². The fourth-order valence-corrected chi connectivity index (χ4v) is 3.14. The van der Waals surface area contributed by atoms with E-state index < -0.39 is 0 Å². The van der Waals surface area contributed by atoms with Gasteiger partial charge >= 0.3 is 0 Å². The van der Waals surface area contributed by atoms with Crippen LogP contribution in [0.4, 0.5) is 5.69 Å². The number of nitrogens with zero attached hydrogens (tertiary/aromatic N) is 1. The van der Waals surface area contributed by atoms with Crippen LogP contribution < -0.4 is 10.2 Å². The zero-order chi connectivity index (χ0) is 14.0. The maximum absolute atomic E-state index is 9.47. The van der Waals surface area contributed by atoms with Crippen LogP contribution in [0.3, 0.4) is 0 Å². The molecule has 3 nitrogen and oxygen atoms in total. The molecule has 0 bridgehead atoms. The highest BCUT2D eigenvalue weighted by molar-refractivity contribution is 9.10. The molecular weight excluding hydrogens is 304 g/mol. The van der Waals surface area contributed by atoms with Crippen LogP contribution >= 0.6 is 15.9 Å². The SMILES string of the molecule is Cc1cc(Br)ccc1N1CC(CO)NCC(C)(C)C1. The van der Waals surface area contributed by atoms with Crippen LogP contribution in [0.15, 0.2) is 22.7 Å². The first-order chi connectivity index (χ1) is 8.91. The van der Waals surface area contributed by atoms with Gasteiger partial charge in [-0.05, 0) is 36.1 Å². The molecule has 1 heterocycles. The summed E-state index contributed by atoms with van der Waals surface area (Å²) in [7, 11) is 0. The maximum Gasteiger partial charge on any atom is 0.0601 e. The first kappa shape index (κ1) is 14.8. The predicted octanol–water partition coefficient (Wildman–Crippen LogP) is 2.55. The van der Waals surface area contributed by atoms with Gasteiger partial charge in [-0.1, -0.05) is 29.8 Å². The molecule has 1 aromatic rings. The molecule has 0 saturated carbocycles. The molecule has 1 fully saturated rings. The second-order valence-electron chi connectivity index (χ2n) is 6.24. The number of aryl methyl sites for hydroxylation is 1. The molecule has 0 spiro atoms. The molecule has 0 amide bonds. The Morgan fingerprint density at radius 2 is 2.21 bits per heavy atom. The number of nitrogens with one attached hydrogen (secondary N) is 1. The van der Waals surface area contributed by atoms with E-state index in [-0.39, 0.29) is 18.1 Å². The molecule has 1 atom stereocenters. The van der Waals surface area contributed by atoms with Gasteiger partial charge in [0.15, 0.2) is 0 Å². The molecular formula is C15H23BrN2O. The first-order valence-corrected chi connectivity index (χ1v) is 7.56. The molecule has 1 aliphatic heterocycles. The lowest BCUT2D eigenvalue weighted by molar-refractivity contribution is 0.242. The van der Waals surface area contributed by atoms with Crippen molar-refractivity contribution in [3.63, 3.8) is 0 Å². The van der Waals surface area contributed by atoms with Crippen LogP contribution in [0.25, 0.3) is 0 Å². The summed E-state index contributed by atoms with van der Waals surface area (Å²) in [5, 5.41) is 12.9. The highest BCUT2D eigenvalue weighted by Crippen LogP contribution is 2.28. The largest absolute Gasteiger partial charge is 0.395 e. The standard InChI is InChI=1S/C15H23BrN2O/c1-11-6-12(16)4-5-14(11)18-7-13(8-19)17-9-15(2,3)10-18/h4-6,13,17,19H,7-10H2,1-3H3. The zero-order valence-corrected chi connectivity index (χ0v) is 13.5. The molecule has 1 saturated heterocycles. The maximum atomic E-state index is 9.47. The van der Waals surface area contributed by atoms with Gasteiger partial charge in [-0.3, -0.25) is 0 Å². The summed E-state index contributed by atoms with van der Waals surface area (Å²) in [4.78, 5) is 2.39. The lowest BCUT2D eigenvalue weighted by Gasteiger charge is -2.32. The third kappa shape index (κ3) is 3.71. The van der Waals surface area contributed by atoms with Crippen LogP contribution in [-0.4, -0.2) is 37.4 Å². The highest BCUT2D eigenvalue weighted by atomic mass is 79.9. The highest BCUT2D eigenvalue weighted by Gasteiger charge is 2.29. The van der Waals surface area contributed by atoms with Crippen molar-refractivity contribution in [2.45, 2.75) is 26.8 Å². The molecule has 1 aliphatic rings. The Kier molecular flexibility index (Phi) is 4.54. The number of aliphatic hydroxyl groups is 1. The molecule has 4 heteroatoms. The van der Waals surface area contributed by atoms with E-state index in [4.69, 9.17) is 0 Å². The molecule has 2 N–H and O–H groups in total. The molecule has 0 aliphatic carbocycles. The van der Waals surface area contributed by atoms with E-state index in [1.165, 1.54) is 11.3 Å². The summed E-state index contributed by atoms with van der Waals surface area (Å²) in [6.45, 7) is 9.63. The number of benzene rings is 1. The summed E-state index contributed by atoms with van der Waals surface area (Å²) in [6.07, 6.45) is 0. The van der Waals surface area contributed by atoms with E-state index >= 15 is 0 Å². The topological polar surface area (TPSA) is 35.5 Å². The Bertz CT molecular complexity index is 448. The number of anilines is 1. The number of aliphatic hydroxyl groups excluding tert-OH is 1. The fourth-order valence-electron chi connectivity index (χ4n) is 2.67. The van der Waals surface area contributed by atoms with Crippen molar-refractivity contribution < 1.29 is 5.11 Å². The lowest BCUT2D eigenvalue weighted by atomic mass is 9.93. The van der Waals surface area contributed by atoms with Crippen LogP contribution in [-0.2, 0) is 0 Å². The van der Waals surface area contributed by atoms with E-state index in [0.29, 0.717) is 0 Å². The molecule has 19 heavy (non-hydrogen) atoms. The van der Waals surface area contributed by atoms with E-state index in [9.17, 15) is 5.11 Å². The van der Waals surface area contributed by atoms with Crippen molar-refractivity contribution in [1.82, 2.24) is 5.32 Å². The van der Waals surface area contributed by atoms with Crippen LogP contribution in [0.1, 0.15) is 19.4 Å². The minimum Gasteiger partial charge on any atom is -0.395 e. The monoisotopic (exact) mass is 326 g/mol. The summed E-state index contributed by atoms with van der Waals surface area (Å²) >= 11 is 3.51. The van der Waals surface area contributed by atoms with Crippen molar-refractivity contribution in [2.24, 2.45) is 5.41 Å². The third-order valence-corrected chi connectivity index (χ3v) is 4.14. The average Bonchev–Trinajstić information content (AvgIpc) is 2.47. The van der Waals surface area contributed by atoms with Gasteiger partial charge in [-0.2, -0.15) is 0 Å². The van der Waals surface area contributed by atoms with Gasteiger partial charge in [-0.25, -0.2) is 0 Å². The quantitative estimate of drug-likeness (QED) is 0.876. The first-order valence-electron chi connectivity index (χ1n) is 6.77.